The summed E-state index contributed by atoms with van der Waals surface area (Å²) in [6, 6.07) is 5.87. The molecule has 2 heterocycles. The van der Waals surface area contributed by atoms with E-state index >= 15 is 0 Å². The van der Waals surface area contributed by atoms with Gasteiger partial charge in [-0.15, -0.1) is 0 Å². The molecule has 4 nitrogen and oxygen atoms in total. The third kappa shape index (κ3) is 2.75. The summed E-state index contributed by atoms with van der Waals surface area (Å²) in [6.07, 6.45) is 3.30. The Labute approximate surface area is 97.9 Å². The summed E-state index contributed by atoms with van der Waals surface area (Å²) in [5, 5.41) is 17.8. The van der Waals surface area contributed by atoms with Crippen LogP contribution in [0.2, 0.25) is 0 Å². The van der Waals surface area contributed by atoms with Crippen LogP contribution in [0.3, 0.4) is 0 Å². The van der Waals surface area contributed by atoms with Crippen molar-refractivity contribution in [1.29, 1.82) is 0 Å². The summed E-state index contributed by atoms with van der Waals surface area (Å²) in [7, 11) is 0. The van der Waals surface area contributed by atoms with Gasteiger partial charge in [0.25, 0.3) is 0 Å². The zero-order chi connectivity index (χ0) is 11.4. The molecule has 1 unspecified atom stereocenters. The lowest BCUT2D eigenvalue weighted by molar-refractivity contribution is 0.113. The van der Waals surface area contributed by atoms with E-state index in [9.17, 15) is 5.11 Å². The monoisotopic (exact) mass is 238 g/mol. The number of fused-ring (bicyclic) bond motifs is 1. The Morgan fingerprint density at radius 2 is 2.31 bits per heavy atom. The van der Waals surface area contributed by atoms with Crippen LogP contribution < -0.4 is 0 Å². The minimum absolute atomic E-state index is 0.182. The maximum Gasteiger partial charge on any atom is 0.137 e. The van der Waals surface area contributed by atoms with E-state index in [-0.39, 0.29) is 6.61 Å². The van der Waals surface area contributed by atoms with Gasteiger partial charge < -0.3 is 14.6 Å². The second kappa shape index (κ2) is 5.34. The number of pyridine rings is 1. The molecule has 0 aliphatic carbocycles. The Kier molecular flexibility index (Phi) is 3.82. The summed E-state index contributed by atoms with van der Waals surface area (Å²) in [6.45, 7) is -0.182. The summed E-state index contributed by atoms with van der Waals surface area (Å²) < 4.78 is 1.97. The third-order valence-electron chi connectivity index (χ3n) is 2.18. The highest BCUT2D eigenvalue weighted by atomic mass is 32.2. The highest BCUT2D eigenvalue weighted by Crippen LogP contribution is 2.13. The molecule has 2 rings (SSSR count). The van der Waals surface area contributed by atoms with Crippen molar-refractivity contribution in [1.82, 2.24) is 9.38 Å². The van der Waals surface area contributed by atoms with E-state index in [2.05, 4.69) is 4.98 Å². The zero-order valence-corrected chi connectivity index (χ0v) is 9.60. The second-order valence-electron chi connectivity index (χ2n) is 3.55. The molecule has 0 aliphatic heterocycles. The van der Waals surface area contributed by atoms with Crippen LogP contribution in [0.4, 0.5) is 0 Å². The molecule has 0 fully saturated rings. The Morgan fingerprint density at radius 1 is 1.44 bits per heavy atom. The van der Waals surface area contributed by atoms with Crippen LogP contribution in [0.1, 0.15) is 5.69 Å². The smallest absolute Gasteiger partial charge is 0.137 e. The van der Waals surface area contributed by atoms with Crippen LogP contribution in [0.25, 0.3) is 5.65 Å². The topological polar surface area (TPSA) is 57.8 Å². The molecule has 5 heteroatoms. The number of rotatable bonds is 5. The third-order valence-corrected chi connectivity index (χ3v) is 3.31. The summed E-state index contributed by atoms with van der Waals surface area (Å²) in [5.41, 5.74) is 1.92. The molecule has 2 N–H and O–H groups in total. The van der Waals surface area contributed by atoms with E-state index in [1.54, 1.807) is 11.8 Å². The van der Waals surface area contributed by atoms with Crippen LogP contribution in [0, 0.1) is 0 Å². The fourth-order valence-electron chi connectivity index (χ4n) is 1.41. The molecular formula is C11H14N2O2S. The van der Waals surface area contributed by atoms with E-state index in [0.29, 0.717) is 5.75 Å². The van der Waals surface area contributed by atoms with Gasteiger partial charge in [-0.3, -0.25) is 0 Å². The van der Waals surface area contributed by atoms with Gasteiger partial charge in [0.05, 0.1) is 18.4 Å². The summed E-state index contributed by atoms with van der Waals surface area (Å²) in [4.78, 5) is 4.43. The van der Waals surface area contributed by atoms with Crippen molar-refractivity contribution < 1.29 is 10.2 Å². The first kappa shape index (κ1) is 11.4. The van der Waals surface area contributed by atoms with Gasteiger partial charge in [0.2, 0.25) is 0 Å². The lowest BCUT2D eigenvalue weighted by Gasteiger charge is -2.04. The predicted molar refractivity (Wildman–Crippen MR) is 64.4 cm³/mol. The van der Waals surface area contributed by atoms with Crippen molar-refractivity contribution in [2.75, 3.05) is 12.4 Å². The molecule has 0 bridgehead atoms. The Morgan fingerprint density at radius 3 is 3.06 bits per heavy atom. The molecule has 0 radical (unpaired) electrons. The van der Waals surface area contributed by atoms with Crippen LogP contribution in [0.15, 0.2) is 30.6 Å². The van der Waals surface area contributed by atoms with Gasteiger partial charge in [0, 0.05) is 23.9 Å². The van der Waals surface area contributed by atoms with Crippen LogP contribution in [-0.2, 0) is 5.75 Å². The number of thioether (sulfide) groups is 1. The van der Waals surface area contributed by atoms with Crippen LogP contribution in [0.5, 0.6) is 0 Å². The molecule has 0 saturated carbocycles. The molecule has 86 valence electrons. The highest BCUT2D eigenvalue weighted by Gasteiger charge is 2.04. The lowest BCUT2D eigenvalue weighted by Crippen LogP contribution is -2.14. The van der Waals surface area contributed by atoms with Crippen molar-refractivity contribution in [3.8, 4) is 0 Å². The van der Waals surface area contributed by atoms with Gasteiger partial charge >= 0.3 is 0 Å². The molecular weight excluding hydrogens is 224 g/mol. The lowest BCUT2D eigenvalue weighted by atomic mass is 10.4. The Hall–Kier alpha value is -1.04. The van der Waals surface area contributed by atoms with Crippen molar-refractivity contribution >= 4 is 17.4 Å². The number of imidazole rings is 1. The van der Waals surface area contributed by atoms with Crippen LogP contribution in [-0.4, -0.2) is 38.1 Å². The first-order chi connectivity index (χ1) is 7.79. The molecule has 0 aromatic carbocycles. The molecule has 0 amide bonds. The Bertz CT molecular complexity index is 425. The van der Waals surface area contributed by atoms with E-state index < -0.39 is 6.10 Å². The number of aliphatic hydroxyl groups excluding tert-OH is 2. The number of nitrogens with zero attached hydrogens (tertiary/aromatic N) is 2. The number of aliphatic hydroxyl groups is 2. The predicted octanol–water partition coefficient (Wildman–Crippen LogP) is 0.921. The average Bonchev–Trinajstić information content (AvgIpc) is 2.71. The van der Waals surface area contributed by atoms with E-state index in [0.717, 1.165) is 17.1 Å². The first-order valence-electron chi connectivity index (χ1n) is 5.09. The fourth-order valence-corrected chi connectivity index (χ4v) is 2.25. The minimum atomic E-state index is -0.637. The van der Waals surface area contributed by atoms with Gasteiger partial charge in [-0.2, -0.15) is 11.8 Å². The van der Waals surface area contributed by atoms with Crippen molar-refractivity contribution in [3.05, 3.63) is 36.3 Å². The number of aromatic nitrogens is 2. The van der Waals surface area contributed by atoms with Crippen molar-refractivity contribution in [3.63, 3.8) is 0 Å². The maximum absolute atomic E-state index is 9.18. The molecule has 16 heavy (non-hydrogen) atoms. The van der Waals surface area contributed by atoms with Gasteiger partial charge in [0.1, 0.15) is 5.65 Å². The molecule has 2 aromatic rings. The number of hydrogen-bond acceptors (Lipinski definition) is 4. The van der Waals surface area contributed by atoms with Crippen molar-refractivity contribution in [2.24, 2.45) is 0 Å². The van der Waals surface area contributed by atoms with Gasteiger partial charge in [-0.1, -0.05) is 6.07 Å². The highest BCUT2D eigenvalue weighted by molar-refractivity contribution is 7.98. The van der Waals surface area contributed by atoms with Gasteiger partial charge in [-0.05, 0) is 12.1 Å². The average molecular weight is 238 g/mol. The molecule has 0 saturated heterocycles. The summed E-state index contributed by atoms with van der Waals surface area (Å²) >= 11 is 1.57. The molecule has 2 aromatic heterocycles. The van der Waals surface area contributed by atoms with E-state index in [1.165, 1.54) is 0 Å². The molecule has 0 spiro atoms. The maximum atomic E-state index is 9.18. The quantitative estimate of drug-likeness (QED) is 0.813. The van der Waals surface area contributed by atoms with E-state index in [4.69, 9.17) is 5.11 Å². The van der Waals surface area contributed by atoms with E-state index in [1.807, 2.05) is 35.0 Å². The van der Waals surface area contributed by atoms with Gasteiger partial charge in [-0.25, -0.2) is 4.98 Å². The van der Waals surface area contributed by atoms with Gasteiger partial charge in [0.15, 0.2) is 0 Å². The number of hydrogen-bond donors (Lipinski definition) is 2. The Balaban J connectivity index is 1.94. The largest absolute Gasteiger partial charge is 0.394 e. The standard InChI is InChI=1S/C11H14N2O2S/c14-6-10(15)8-16-7-9-5-13-4-2-1-3-11(13)12-9/h1-5,10,14-15H,6-8H2. The normalized spacial score (nSPS) is 13.1. The summed E-state index contributed by atoms with van der Waals surface area (Å²) in [5.74, 6) is 1.28. The SMILES string of the molecule is OCC(O)CSCc1cn2ccccc2n1. The minimum Gasteiger partial charge on any atom is -0.394 e. The fraction of sp³-hybridized carbons (Fsp3) is 0.364. The molecule has 0 aliphatic rings. The first-order valence-corrected chi connectivity index (χ1v) is 6.24. The molecule has 1 atom stereocenters. The van der Waals surface area contributed by atoms with Crippen LogP contribution >= 0.6 is 11.8 Å². The second-order valence-corrected chi connectivity index (χ2v) is 4.58. The zero-order valence-electron chi connectivity index (χ0n) is 8.78. The van der Waals surface area contributed by atoms with Crippen molar-refractivity contribution in [2.45, 2.75) is 11.9 Å².